The molecule has 0 aliphatic heterocycles. The summed E-state index contributed by atoms with van der Waals surface area (Å²) in [5, 5.41) is 10.1. The molecule has 4 heteroatoms. The van der Waals surface area contributed by atoms with Gasteiger partial charge >= 0.3 is 0 Å². The SMILES string of the molecule is C=CCN(CCC)C(=O)c1cc(Cl)ccc1O. The van der Waals surface area contributed by atoms with Crippen molar-refractivity contribution in [3.8, 4) is 5.75 Å². The Bertz CT molecular complexity index is 418. The van der Waals surface area contributed by atoms with Crippen LogP contribution in [-0.4, -0.2) is 29.0 Å². The molecule has 1 N–H and O–H groups in total. The number of halogens is 1. The van der Waals surface area contributed by atoms with Crippen molar-refractivity contribution in [1.29, 1.82) is 0 Å². The number of carbonyl (C=O) groups is 1. The molecule has 0 radical (unpaired) electrons. The third-order valence-corrected chi connectivity index (χ3v) is 2.55. The molecule has 1 rings (SSSR count). The van der Waals surface area contributed by atoms with Crippen LogP contribution < -0.4 is 0 Å². The van der Waals surface area contributed by atoms with Gasteiger partial charge in [-0.2, -0.15) is 0 Å². The van der Waals surface area contributed by atoms with Crippen LogP contribution in [0.1, 0.15) is 23.7 Å². The summed E-state index contributed by atoms with van der Waals surface area (Å²) in [6, 6.07) is 4.45. The molecular weight excluding hydrogens is 238 g/mol. The second kappa shape index (κ2) is 6.30. The van der Waals surface area contributed by atoms with Gasteiger partial charge in [0.25, 0.3) is 5.91 Å². The summed E-state index contributed by atoms with van der Waals surface area (Å²) < 4.78 is 0. The fraction of sp³-hybridized carbons (Fsp3) is 0.308. The van der Waals surface area contributed by atoms with E-state index in [0.717, 1.165) is 6.42 Å². The Morgan fingerprint density at radius 2 is 2.29 bits per heavy atom. The first kappa shape index (κ1) is 13.6. The number of hydrogen-bond donors (Lipinski definition) is 1. The van der Waals surface area contributed by atoms with E-state index >= 15 is 0 Å². The third kappa shape index (κ3) is 3.49. The van der Waals surface area contributed by atoms with Gasteiger partial charge in [0.15, 0.2) is 0 Å². The molecule has 1 amide bonds. The summed E-state index contributed by atoms with van der Waals surface area (Å²) in [4.78, 5) is 13.8. The van der Waals surface area contributed by atoms with E-state index in [-0.39, 0.29) is 17.2 Å². The largest absolute Gasteiger partial charge is 0.507 e. The first-order valence-corrected chi connectivity index (χ1v) is 5.86. The van der Waals surface area contributed by atoms with Gasteiger partial charge in [-0.15, -0.1) is 6.58 Å². The Morgan fingerprint density at radius 3 is 2.88 bits per heavy atom. The number of benzene rings is 1. The average Bonchev–Trinajstić information content (AvgIpc) is 2.31. The van der Waals surface area contributed by atoms with E-state index in [0.29, 0.717) is 18.1 Å². The number of nitrogens with zero attached hydrogens (tertiary/aromatic N) is 1. The van der Waals surface area contributed by atoms with Crippen LogP contribution in [0.2, 0.25) is 5.02 Å². The van der Waals surface area contributed by atoms with Gasteiger partial charge in [-0.1, -0.05) is 24.6 Å². The van der Waals surface area contributed by atoms with Crippen molar-refractivity contribution in [2.24, 2.45) is 0 Å². The minimum Gasteiger partial charge on any atom is -0.507 e. The summed E-state index contributed by atoms with van der Waals surface area (Å²) in [6.07, 6.45) is 2.51. The van der Waals surface area contributed by atoms with E-state index in [1.54, 1.807) is 17.0 Å². The van der Waals surface area contributed by atoms with Crippen LogP contribution >= 0.6 is 11.6 Å². The summed E-state index contributed by atoms with van der Waals surface area (Å²) in [5.41, 5.74) is 0.229. The van der Waals surface area contributed by atoms with Crippen LogP contribution in [0.3, 0.4) is 0 Å². The molecule has 92 valence electrons. The molecule has 0 saturated carbocycles. The monoisotopic (exact) mass is 253 g/mol. The average molecular weight is 254 g/mol. The Balaban J connectivity index is 2.99. The quantitative estimate of drug-likeness (QED) is 0.820. The summed E-state index contributed by atoms with van der Waals surface area (Å²) in [7, 11) is 0. The zero-order valence-corrected chi connectivity index (χ0v) is 10.6. The lowest BCUT2D eigenvalue weighted by Crippen LogP contribution is -2.31. The van der Waals surface area contributed by atoms with Gasteiger partial charge in [-0.25, -0.2) is 0 Å². The van der Waals surface area contributed by atoms with E-state index in [9.17, 15) is 9.90 Å². The molecule has 17 heavy (non-hydrogen) atoms. The smallest absolute Gasteiger partial charge is 0.257 e. The molecule has 3 nitrogen and oxygen atoms in total. The van der Waals surface area contributed by atoms with E-state index in [1.807, 2.05) is 6.92 Å². The highest BCUT2D eigenvalue weighted by Gasteiger charge is 2.17. The fourth-order valence-corrected chi connectivity index (χ4v) is 1.72. The summed E-state index contributed by atoms with van der Waals surface area (Å²) >= 11 is 5.82. The molecule has 0 spiro atoms. The van der Waals surface area contributed by atoms with E-state index < -0.39 is 0 Å². The Morgan fingerprint density at radius 1 is 1.59 bits per heavy atom. The van der Waals surface area contributed by atoms with Crippen LogP contribution in [0, 0.1) is 0 Å². The predicted molar refractivity (Wildman–Crippen MR) is 69.5 cm³/mol. The number of aromatic hydroxyl groups is 1. The molecule has 0 aliphatic rings. The second-order valence-electron chi connectivity index (χ2n) is 3.70. The van der Waals surface area contributed by atoms with Gasteiger partial charge in [-0.05, 0) is 24.6 Å². The molecule has 1 aromatic rings. The highest BCUT2D eigenvalue weighted by Crippen LogP contribution is 2.23. The topological polar surface area (TPSA) is 40.5 Å². The maximum Gasteiger partial charge on any atom is 0.257 e. The number of rotatable bonds is 5. The number of carbonyl (C=O) groups excluding carboxylic acids is 1. The van der Waals surface area contributed by atoms with Crippen LogP contribution in [0.15, 0.2) is 30.9 Å². The molecule has 0 atom stereocenters. The standard InChI is InChI=1S/C13H16ClNO2/c1-3-7-15(8-4-2)13(17)11-9-10(14)5-6-12(11)16/h3,5-6,9,16H,1,4,7-8H2,2H3. The highest BCUT2D eigenvalue weighted by molar-refractivity contribution is 6.31. The van der Waals surface area contributed by atoms with Crippen molar-refractivity contribution in [1.82, 2.24) is 4.90 Å². The van der Waals surface area contributed by atoms with E-state index in [1.165, 1.54) is 12.1 Å². The first-order valence-electron chi connectivity index (χ1n) is 5.48. The van der Waals surface area contributed by atoms with Crippen molar-refractivity contribution < 1.29 is 9.90 Å². The fourth-order valence-electron chi connectivity index (χ4n) is 1.55. The van der Waals surface area contributed by atoms with Crippen LogP contribution in [0.5, 0.6) is 5.75 Å². The van der Waals surface area contributed by atoms with Crippen molar-refractivity contribution in [3.05, 3.63) is 41.4 Å². The maximum atomic E-state index is 12.2. The summed E-state index contributed by atoms with van der Waals surface area (Å²) in [6.45, 7) is 6.68. The zero-order chi connectivity index (χ0) is 12.8. The molecule has 0 aromatic heterocycles. The lowest BCUT2D eigenvalue weighted by molar-refractivity contribution is 0.0771. The number of phenolic OH excluding ortho intramolecular Hbond substituents is 1. The maximum absolute atomic E-state index is 12.2. The number of hydrogen-bond acceptors (Lipinski definition) is 2. The van der Waals surface area contributed by atoms with Gasteiger partial charge in [0, 0.05) is 18.1 Å². The van der Waals surface area contributed by atoms with Crippen molar-refractivity contribution in [3.63, 3.8) is 0 Å². The molecule has 0 unspecified atom stereocenters. The molecule has 0 heterocycles. The minimum absolute atomic E-state index is 0.0513. The highest BCUT2D eigenvalue weighted by atomic mass is 35.5. The second-order valence-corrected chi connectivity index (χ2v) is 4.14. The normalized spacial score (nSPS) is 10.0. The van der Waals surface area contributed by atoms with Crippen molar-refractivity contribution >= 4 is 17.5 Å². The van der Waals surface area contributed by atoms with Gasteiger partial charge in [-0.3, -0.25) is 4.79 Å². The first-order chi connectivity index (χ1) is 8.10. The Hall–Kier alpha value is -1.48. The molecule has 0 aliphatic carbocycles. The number of phenols is 1. The van der Waals surface area contributed by atoms with Gasteiger partial charge in [0.2, 0.25) is 0 Å². The van der Waals surface area contributed by atoms with Crippen LogP contribution in [-0.2, 0) is 0 Å². The molecule has 1 aromatic carbocycles. The summed E-state index contributed by atoms with van der Waals surface area (Å²) in [5.74, 6) is -0.281. The minimum atomic E-state index is -0.230. The number of amides is 1. The van der Waals surface area contributed by atoms with E-state index in [4.69, 9.17) is 11.6 Å². The Kier molecular flexibility index (Phi) is 5.04. The Labute approximate surface area is 106 Å². The van der Waals surface area contributed by atoms with Gasteiger partial charge < -0.3 is 10.0 Å². The van der Waals surface area contributed by atoms with Crippen molar-refractivity contribution in [2.45, 2.75) is 13.3 Å². The van der Waals surface area contributed by atoms with E-state index in [2.05, 4.69) is 6.58 Å². The molecular formula is C13H16ClNO2. The third-order valence-electron chi connectivity index (χ3n) is 2.32. The molecule has 0 saturated heterocycles. The zero-order valence-electron chi connectivity index (χ0n) is 9.82. The van der Waals surface area contributed by atoms with Gasteiger partial charge in [0.1, 0.15) is 5.75 Å². The lowest BCUT2D eigenvalue weighted by atomic mass is 10.1. The molecule has 0 bridgehead atoms. The lowest BCUT2D eigenvalue weighted by Gasteiger charge is -2.20. The van der Waals surface area contributed by atoms with Gasteiger partial charge in [0.05, 0.1) is 5.56 Å². The van der Waals surface area contributed by atoms with Crippen molar-refractivity contribution in [2.75, 3.05) is 13.1 Å². The predicted octanol–water partition coefficient (Wildman–Crippen LogP) is 3.08. The van der Waals surface area contributed by atoms with Crippen LogP contribution in [0.25, 0.3) is 0 Å². The van der Waals surface area contributed by atoms with Crippen LogP contribution in [0.4, 0.5) is 0 Å². The molecule has 0 fully saturated rings.